The zero-order valence-electron chi connectivity index (χ0n) is 25.2. The van der Waals surface area contributed by atoms with Crippen molar-refractivity contribution in [3.05, 3.63) is 0 Å². The van der Waals surface area contributed by atoms with E-state index in [4.69, 9.17) is 0 Å². The molecule has 0 radical (unpaired) electrons. The average Bonchev–Trinajstić information content (AvgIpc) is 3.45. The Balaban J connectivity index is 1.44. The fraction of sp³-hybridized carbons (Fsp3) is 1.00. The third-order valence-corrected chi connectivity index (χ3v) is 9.43. The smallest absolute Gasteiger partial charge is 0.114 e. The fourth-order valence-electron chi connectivity index (χ4n) is 7.32. The Morgan fingerprint density at radius 2 is 1.53 bits per heavy atom. The number of likely N-dealkylation sites (tertiary alicyclic amines) is 3. The van der Waals surface area contributed by atoms with Gasteiger partial charge in [0, 0.05) is 31.7 Å². The first-order chi connectivity index (χ1) is 16.6. The van der Waals surface area contributed by atoms with Crippen molar-refractivity contribution in [2.75, 3.05) is 45.8 Å². The quantitative estimate of drug-likeness (QED) is 0.338. The number of aliphatic hydroxyl groups is 1. The van der Waals surface area contributed by atoms with Crippen LogP contribution in [0.4, 0.5) is 4.39 Å². The molecule has 0 saturated carbocycles. The minimum absolute atomic E-state index is 0.183. The van der Waals surface area contributed by atoms with E-state index in [9.17, 15) is 9.50 Å². The Labute approximate surface area is 223 Å². The van der Waals surface area contributed by atoms with E-state index in [0.29, 0.717) is 36.4 Å². The van der Waals surface area contributed by atoms with Crippen LogP contribution in [-0.2, 0) is 0 Å². The highest BCUT2D eigenvalue weighted by Gasteiger charge is 2.39. The van der Waals surface area contributed by atoms with E-state index in [0.717, 1.165) is 51.9 Å². The van der Waals surface area contributed by atoms with Crippen molar-refractivity contribution in [2.24, 2.45) is 22.2 Å². The van der Waals surface area contributed by atoms with Gasteiger partial charge in [-0.3, -0.25) is 4.90 Å². The number of hydrogen-bond donors (Lipinski definition) is 1. The Kier molecular flexibility index (Phi) is 10.4. The minimum Gasteiger partial charge on any atom is -0.391 e. The van der Waals surface area contributed by atoms with Gasteiger partial charge >= 0.3 is 0 Å². The first-order valence-electron chi connectivity index (χ1n) is 15.2. The summed E-state index contributed by atoms with van der Waals surface area (Å²) in [5.41, 5.74) is 0.732. The molecular formula is C31H60FN3O. The molecule has 5 heteroatoms. The van der Waals surface area contributed by atoms with E-state index in [-0.39, 0.29) is 16.9 Å². The predicted molar refractivity (Wildman–Crippen MR) is 151 cm³/mol. The van der Waals surface area contributed by atoms with E-state index in [1.54, 1.807) is 0 Å². The van der Waals surface area contributed by atoms with Crippen LogP contribution in [0.2, 0.25) is 0 Å². The van der Waals surface area contributed by atoms with Gasteiger partial charge in [-0.05, 0) is 107 Å². The molecular weight excluding hydrogens is 449 g/mol. The normalized spacial score (nSPS) is 30.5. The minimum atomic E-state index is -0.670. The molecule has 3 fully saturated rings. The molecule has 3 saturated heterocycles. The highest BCUT2D eigenvalue weighted by atomic mass is 19.1. The van der Waals surface area contributed by atoms with Crippen LogP contribution in [-0.4, -0.2) is 90.0 Å². The number of aliphatic hydroxyl groups excluding tert-OH is 1. The van der Waals surface area contributed by atoms with E-state index in [1.807, 2.05) is 0 Å². The molecule has 3 heterocycles. The lowest BCUT2D eigenvalue weighted by Gasteiger charge is -2.35. The van der Waals surface area contributed by atoms with Crippen LogP contribution >= 0.6 is 0 Å². The van der Waals surface area contributed by atoms with Gasteiger partial charge in [0.05, 0.1) is 6.10 Å². The summed E-state index contributed by atoms with van der Waals surface area (Å²) < 4.78 is 14.4. The van der Waals surface area contributed by atoms with Gasteiger partial charge in [-0.25, -0.2) is 4.39 Å². The standard InChI is InChI=1S/C31H60FN3O/c1-24(34-13-9-10-14-34)18-31(7,8)19-25-21-33(23-28(25)36)15-12-30(5,6)20-27-17-26(32)22-35(27)16-11-29(2,3)4/h24-28,36H,9-23H2,1-8H3/t24?,25?,26-,27?,28?/m0/s1. The number of nitrogens with zero attached hydrogens (tertiary/aromatic N) is 3. The third kappa shape index (κ3) is 9.50. The van der Waals surface area contributed by atoms with Crippen LogP contribution in [0.1, 0.15) is 107 Å². The summed E-state index contributed by atoms with van der Waals surface area (Å²) in [6.07, 6.45) is 8.14. The van der Waals surface area contributed by atoms with E-state index >= 15 is 0 Å². The van der Waals surface area contributed by atoms with Crippen molar-refractivity contribution in [3.63, 3.8) is 0 Å². The molecule has 0 spiro atoms. The lowest BCUT2D eigenvalue weighted by molar-refractivity contribution is 0.0969. The second-order valence-corrected chi connectivity index (χ2v) is 15.7. The molecule has 3 aliphatic heterocycles. The maximum absolute atomic E-state index is 14.4. The maximum Gasteiger partial charge on any atom is 0.114 e. The summed E-state index contributed by atoms with van der Waals surface area (Å²) >= 11 is 0. The molecule has 0 amide bonds. The summed E-state index contributed by atoms with van der Waals surface area (Å²) in [5.74, 6) is 0.379. The third-order valence-electron chi connectivity index (χ3n) is 9.43. The molecule has 212 valence electrons. The molecule has 36 heavy (non-hydrogen) atoms. The van der Waals surface area contributed by atoms with Crippen molar-refractivity contribution in [1.29, 1.82) is 0 Å². The number of rotatable bonds is 12. The first-order valence-corrected chi connectivity index (χ1v) is 15.2. The number of hydrogen-bond acceptors (Lipinski definition) is 4. The molecule has 3 rings (SSSR count). The molecule has 4 unspecified atom stereocenters. The topological polar surface area (TPSA) is 30.0 Å². The van der Waals surface area contributed by atoms with Gasteiger partial charge in [-0.2, -0.15) is 0 Å². The van der Waals surface area contributed by atoms with Crippen LogP contribution in [0.3, 0.4) is 0 Å². The fourth-order valence-corrected chi connectivity index (χ4v) is 7.32. The van der Waals surface area contributed by atoms with Crippen LogP contribution < -0.4 is 0 Å². The molecule has 0 aromatic rings. The highest BCUT2D eigenvalue weighted by Crippen LogP contribution is 2.38. The summed E-state index contributed by atoms with van der Waals surface area (Å²) in [5, 5.41) is 10.9. The summed E-state index contributed by atoms with van der Waals surface area (Å²) in [6.45, 7) is 25.8. The van der Waals surface area contributed by atoms with Crippen molar-refractivity contribution < 1.29 is 9.50 Å². The molecule has 5 atom stereocenters. The Morgan fingerprint density at radius 1 is 0.861 bits per heavy atom. The van der Waals surface area contributed by atoms with Gasteiger partial charge in [0.15, 0.2) is 0 Å². The van der Waals surface area contributed by atoms with Gasteiger partial charge in [0.1, 0.15) is 6.17 Å². The SMILES string of the molecule is CC(CC(C)(C)CC1CN(CCC(C)(C)CC2C[C@H](F)CN2CCC(C)(C)C)CC1O)N1CCCC1. The molecule has 0 bridgehead atoms. The van der Waals surface area contributed by atoms with Crippen molar-refractivity contribution in [1.82, 2.24) is 14.7 Å². The molecule has 0 aromatic heterocycles. The Bertz CT molecular complexity index is 669. The van der Waals surface area contributed by atoms with Gasteiger partial charge in [-0.15, -0.1) is 0 Å². The van der Waals surface area contributed by atoms with Crippen LogP contribution in [0.15, 0.2) is 0 Å². The van der Waals surface area contributed by atoms with Crippen LogP contribution in [0.25, 0.3) is 0 Å². The second-order valence-electron chi connectivity index (χ2n) is 15.7. The lowest BCUT2D eigenvalue weighted by atomic mass is 9.77. The van der Waals surface area contributed by atoms with Crippen molar-refractivity contribution in [3.8, 4) is 0 Å². The number of halogens is 1. The molecule has 3 aliphatic rings. The van der Waals surface area contributed by atoms with Crippen LogP contribution in [0.5, 0.6) is 0 Å². The van der Waals surface area contributed by atoms with E-state index < -0.39 is 6.17 Å². The summed E-state index contributed by atoms with van der Waals surface area (Å²) in [6, 6.07) is 1.01. The number of β-amino-alcohol motifs (C(OH)–C–C–N with tert-alkyl or cyclic N) is 1. The van der Waals surface area contributed by atoms with Crippen molar-refractivity contribution >= 4 is 0 Å². The Hall–Kier alpha value is -0.230. The van der Waals surface area contributed by atoms with Gasteiger partial charge in [-0.1, -0.05) is 48.5 Å². The maximum atomic E-state index is 14.4. The zero-order valence-corrected chi connectivity index (χ0v) is 25.2. The lowest BCUT2D eigenvalue weighted by Crippen LogP contribution is -2.37. The van der Waals surface area contributed by atoms with Crippen molar-refractivity contribution in [2.45, 2.75) is 131 Å². The second kappa shape index (κ2) is 12.3. The van der Waals surface area contributed by atoms with Crippen LogP contribution in [0, 0.1) is 22.2 Å². The van der Waals surface area contributed by atoms with E-state index in [2.05, 4.69) is 70.1 Å². The Morgan fingerprint density at radius 3 is 2.17 bits per heavy atom. The monoisotopic (exact) mass is 509 g/mol. The first kappa shape index (κ1) is 30.3. The van der Waals surface area contributed by atoms with Gasteiger partial charge < -0.3 is 14.9 Å². The van der Waals surface area contributed by atoms with Gasteiger partial charge in [0.2, 0.25) is 0 Å². The number of alkyl halides is 1. The predicted octanol–water partition coefficient (Wildman–Crippen LogP) is 6.22. The zero-order chi connectivity index (χ0) is 26.7. The molecule has 4 nitrogen and oxygen atoms in total. The highest BCUT2D eigenvalue weighted by molar-refractivity contribution is 4.92. The molecule has 0 aromatic carbocycles. The van der Waals surface area contributed by atoms with Gasteiger partial charge in [0.25, 0.3) is 0 Å². The molecule has 0 aliphatic carbocycles. The summed E-state index contributed by atoms with van der Waals surface area (Å²) in [7, 11) is 0. The molecule has 1 N–H and O–H groups in total. The van der Waals surface area contributed by atoms with E-state index in [1.165, 1.54) is 32.4 Å². The largest absolute Gasteiger partial charge is 0.391 e. The summed E-state index contributed by atoms with van der Waals surface area (Å²) in [4.78, 5) is 7.58. The average molecular weight is 510 g/mol.